The first kappa shape index (κ1) is 19.5. The van der Waals surface area contributed by atoms with Crippen LogP contribution in [0.4, 0.5) is 0 Å². The standard InChI is InChI=1S/C19H23NO6/c1-4-11(3)18(19(23)24)20-16(21)10-25-13-6-7-14-12(5-2)8-17(22)26-15(14)9-13/h6-9,11,18H,4-5,10H2,1-3H3,(H,20,21)(H,23,24)/t11-,18-/m0/s1. The molecule has 2 N–H and O–H groups in total. The van der Waals surface area contributed by atoms with Crippen molar-refractivity contribution in [2.75, 3.05) is 6.61 Å². The third-order valence-corrected chi connectivity index (χ3v) is 4.35. The van der Waals surface area contributed by atoms with Gasteiger partial charge in [-0.2, -0.15) is 0 Å². The van der Waals surface area contributed by atoms with E-state index in [1.807, 2.05) is 13.8 Å². The van der Waals surface area contributed by atoms with E-state index in [0.717, 1.165) is 10.9 Å². The van der Waals surface area contributed by atoms with Crippen molar-refractivity contribution >= 4 is 22.8 Å². The summed E-state index contributed by atoms with van der Waals surface area (Å²) in [5, 5.41) is 12.5. The average molecular weight is 361 g/mol. The molecule has 7 heteroatoms. The number of carboxylic acid groups (broad SMARTS) is 1. The van der Waals surface area contributed by atoms with E-state index in [-0.39, 0.29) is 12.5 Å². The molecule has 0 radical (unpaired) electrons. The third kappa shape index (κ3) is 4.62. The lowest BCUT2D eigenvalue weighted by molar-refractivity contribution is -0.143. The molecule has 0 bridgehead atoms. The van der Waals surface area contributed by atoms with E-state index in [1.54, 1.807) is 25.1 Å². The van der Waals surface area contributed by atoms with Gasteiger partial charge in [-0.3, -0.25) is 4.79 Å². The lowest BCUT2D eigenvalue weighted by Crippen LogP contribution is -2.46. The average Bonchev–Trinajstić information content (AvgIpc) is 2.62. The van der Waals surface area contributed by atoms with E-state index >= 15 is 0 Å². The molecular formula is C19H23NO6. The molecule has 1 heterocycles. The maximum atomic E-state index is 12.0. The molecule has 1 amide bonds. The highest BCUT2D eigenvalue weighted by Gasteiger charge is 2.25. The Balaban J connectivity index is 2.08. The van der Waals surface area contributed by atoms with Crippen LogP contribution in [-0.4, -0.2) is 29.6 Å². The van der Waals surface area contributed by atoms with Gasteiger partial charge in [0, 0.05) is 17.5 Å². The molecular weight excluding hydrogens is 338 g/mol. The van der Waals surface area contributed by atoms with Crippen LogP contribution in [0.25, 0.3) is 11.0 Å². The quantitative estimate of drug-likeness (QED) is 0.699. The monoisotopic (exact) mass is 361 g/mol. The third-order valence-electron chi connectivity index (χ3n) is 4.35. The summed E-state index contributed by atoms with van der Waals surface area (Å²) in [5.74, 6) is -1.44. The number of ether oxygens (including phenoxy) is 1. The highest BCUT2D eigenvalue weighted by atomic mass is 16.5. The van der Waals surface area contributed by atoms with Gasteiger partial charge in [0.2, 0.25) is 0 Å². The molecule has 1 aromatic carbocycles. The zero-order chi connectivity index (χ0) is 19.3. The van der Waals surface area contributed by atoms with E-state index in [9.17, 15) is 19.5 Å². The Bertz CT molecular complexity index is 857. The van der Waals surface area contributed by atoms with E-state index in [2.05, 4.69) is 5.32 Å². The lowest BCUT2D eigenvalue weighted by Gasteiger charge is -2.20. The predicted octanol–water partition coefficient (Wildman–Crippen LogP) is 2.35. The maximum Gasteiger partial charge on any atom is 0.336 e. The normalized spacial score (nSPS) is 13.2. The van der Waals surface area contributed by atoms with Gasteiger partial charge in [0.05, 0.1) is 0 Å². The second-order valence-corrected chi connectivity index (χ2v) is 6.16. The van der Waals surface area contributed by atoms with Crippen LogP contribution in [0, 0.1) is 5.92 Å². The van der Waals surface area contributed by atoms with E-state index in [4.69, 9.17) is 9.15 Å². The predicted molar refractivity (Wildman–Crippen MR) is 96.4 cm³/mol. The fourth-order valence-corrected chi connectivity index (χ4v) is 2.64. The fourth-order valence-electron chi connectivity index (χ4n) is 2.64. The number of aryl methyl sites for hydroxylation is 1. The first-order valence-corrected chi connectivity index (χ1v) is 8.57. The first-order valence-electron chi connectivity index (χ1n) is 8.57. The molecule has 0 aliphatic carbocycles. The van der Waals surface area contributed by atoms with Crippen molar-refractivity contribution in [2.24, 2.45) is 5.92 Å². The van der Waals surface area contributed by atoms with Crippen LogP contribution in [0.15, 0.2) is 33.5 Å². The number of carboxylic acids is 1. The molecule has 0 unspecified atom stereocenters. The summed E-state index contributed by atoms with van der Waals surface area (Å²) in [5.41, 5.74) is 0.816. The van der Waals surface area contributed by atoms with E-state index in [0.29, 0.717) is 24.2 Å². The van der Waals surface area contributed by atoms with Gasteiger partial charge >= 0.3 is 11.6 Å². The summed E-state index contributed by atoms with van der Waals surface area (Å²) >= 11 is 0. The Labute approximate surface area is 151 Å². The summed E-state index contributed by atoms with van der Waals surface area (Å²) in [6.45, 7) is 5.23. The molecule has 0 saturated carbocycles. The SMILES string of the molecule is CCc1cc(=O)oc2cc(OCC(=O)N[C@H](C(=O)O)[C@@H](C)CC)ccc12. The second-order valence-electron chi connectivity index (χ2n) is 6.16. The van der Waals surface area contributed by atoms with E-state index < -0.39 is 23.5 Å². The molecule has 2 atom stereocenters. The van der Waals surface area contributed by atoms with Crippen molar-refractivity contribution in [1.29, 1.82) is 0 Å². The van der Waals surface area contributed by atoms with Crippen LogP contribution in [0.5, 0.6) is 5.75 Å². The molecule has 0 aliphatic rings. The smallest absolute Gasteiger partial charge is 0.336 e. The van der Waals surface area contributed by atoms with Gasteiger partial charge in [-0.25, -0.2) is 9.59 Å². The van der Waals surface area contributed by atoms with Gasteiger partial charge in [-0.15, -0.1) is 0 Å². The number of nitrogens with one attached hydrogen (secondary N) is 1. The number of hydrogen-bond acceptors (Lipinski definition) is 5. The fraction of sp³-hybridized carbons (Fsp3) is 0.421. The maximum absolute atomic E-state index is 12.0. The van der Waals surface area contributed by atoms with Gasteiger partial charge in [0.25, 0.3) is 5.91 Å². The number of amides is 1. The Hall–Kier alpha value is -2.83. The van der Waals surface area contributed by atoms with Crippen LogP contribution >= 0.6 is 0 Å². The zero-order valence-electron chi connectivity index (χ0n) is 15.1. The Morgan fingerprint density at radius 3 is 2.62 bits per heavy atom. The van der Waals surface area contributed by atoms with Gasteiger partial charge in [0.1, 0.15) is 17.4 Å². The lowest BCUT2D eigenvalue weighted by atomic mass is 9.99. The van der Waals surface area contributed by atoms with Crippen molar-refractivity contribution in [1.82, 2.24) is 5.32 Å². The Kier molecular flexibility index (Phi) is 6.38. The van der Waals surface area contributed by atoms with Gasteiger partial charge < -0.3 is 19.6 Å². The number of benzene rings is 1. The molecule has 2 rings (SSSR count). The highest BCUT2D eigenvalue weighted by Crippen LogP contribution is 2.23. The Morgan fingerprint density at radius 2 is 2.00 bits per heavy atom. The summed E-state index contributed by atoms with van der Waals surface area (Å²) in [6, 6.07) is 5.49. The van der Waals surface area contributed by atoms with Gasteiger partial charge in [0.15, 0.2) is 6.61 Å². The number of carbonyl (C=O) groups is 2. The van der Waals surface area contributed by atoms with Crippen LogP contribution < -0.4 is 15.7 Å². The van der Waals surface area contributed by atoms with Gasteiger partial charge in [-0.1, -0.05) is 27.2 Å². The highest BCUT2D eigenvalue weighted by molar-refractivity contribution is 5.85. The molecule has 2 aromatic rings. The van der Waals surface area contributed by atoms with Crippen molar-refractivity contribution < 1.29 is 23.8 Å². The number of aliphatic carboxylic acids is 1. The first-order chi connectivity index (χ1) is 12.3. The minimum Gasteiger partial charge on any atom is -0.484 e. The van der Waals surface area contributed by atoms with Crippen LogP contribution in [0.3, 0.4) is 0 Å². The summed E-state index contributed by atoms with van der Waals surface area (Å²) in [4.78, 5) is 34.8. The number of fused-ring (bicyclic) bond motifs is 1. The van der Waals surface area contributed by atoms with Crippen molar-refractivity contribution in [3.8, 4) is 5.75 Å². The van der Waals surface area contributed by atoms with Crippen molar-refractivity contribution in [2.45, 2.75) is 39.7 Å². The molecule has 26 heavy (non-hydrogen) atoms. The summed E-state index contributed by atoms with van der Waals surface area (Å²) < 4.78 is 10.6. The topological polar surface area (TPSA) is 106 Å². The molecule has 0 fully saturated rings. The zero-order valence-corrected chi connectivity index (χ0v) is 15.1. The molecule has 0 saturated heterocycles. The van der Waals surface area contributed by atoms with Crippen LogP contribution in [0.1, 0.15) is 32.8 Å². The van der Waals surface area contributed by atoms with Crippen LogP contribution in [0.2, 0.25) is 0 Å². The molecule has 1 aromatic heterocycles. The summed E-state index contributed by atoms with van der Waals surface area (Å²) in [6.07, 6.45) is 1.32. The molecule has 0 aliphatic heterocycles. The second kappa shape index (κ2) is 8.51. The Morgan fingerprint density at radius 1 is 1.27 bits per heavy atom. The molecule has 140 valence electrons. The minimum absolute atomic E-state index is 0.196. The van der Waals surface area contributed by atoms with Crippen LogP contribution in [-0.2, 0) is 16.0 Å². The number of hydrogen-bond donors (Lipinski definition) is 2. The van der Waals surface area contributed by atoms with Crippen molar-refractivity contribution in [3.05, 3.63) is 40.2 Å². The molecule has 0 spiro atoms. The summed E-state index contributed by atoms with van der Waals surface area (Å²) in [7, 11) is 0. The largest absolute Gasteiger partial charge is 0.484 e. The van der Waals surface area contributed by atoms with E-state index in [1.165, 1.54) is 6.07 Å². The minimum atomic E-state index is -1.08. The van der Waals surface area contributed by atoms with Gasteiger partial charge in [-0.05, 0) is 30.0 Å². The molecule has 7 nitrogen and oxygen atoms in total. The number of rotatable bonds is 8. The van der Waals surface area contributed by atoms with Crippen molar-refractivity contribution in [3.63, 3.8) is 0 Å². The number of carbonyl (C=O) groups excluding carboxylic acids is 1.